The van der Waals surface area contributed by atoms with Crippen molar-refractivity contribution in [3.8, 4) is 0 Å². The highest BCUT2D eigenvalue weighted by atomic mass is 19.1. The van der Waals surface area contributed by atoms with Crippen LogP contribution in [-0.4, -0.2) is 31.3 Å². The molecule has 0 amide bonds. The van der Waals surface area contributed by atoms with E-state index in [2.05, 4.69) is 12.2 Å². The van der Waals surface area contributed by atoms with Gasteiger partial charge in [-0.05, 0) is 43.9 Å². The third-order valence-corrected chi connectivity index (χ3v) is 3.71. The summed E-state index contributed by atoms with van der Waals surface area (Å²) in [4.78, 5) is 0. The summed E-state index contributed by atoms with van der Waals surface area (Å²) in [6.45, 7) is 4.25. The monoisotopic (exact) mass is 266 g/mol. The zero-order valence-electron chi connectivity index (χ0n) is 11.5. The number of hydrogen-bond donors (Lipinski definition) is 2. The zero-order chi connectivity index (χ0) is 13.7. The number of hydrogen-bond acceptors (Lipinski definition) is 3. The molecule has 1 fully saturated rings. The van der Waals surface area contributed by atoms with E-state index < -0.39 is 0 Å². The Morgan fingerprint density at radius 2 is 2.37 bits per heavy atom. The summed E-state index contributed by atoms with van der Waals surface area (Å²) < 4.78 is 18.8. The van der Waals surface area contributed by atoms with Crippen molar-refractivity contribution in [2.24, 2.45) is 5.73 Å². The third kappa shape index (κ3) is 4.27. The molecule has 0 saturated carbocycles. The van der Waals surface area contributed by atoms with Gasteiger partial charge in [-0.15, -0.1) is 0 Å². The molecule has 2 rings (SSSR count). The summed E-state index contributed by atoms with van der Waals surface area (Å²) in [7, 11) is 0. The van der Waals surface area contributed by atoms with Crippen molar-refractivity contribution in [1.82, 2.24) is 5.32 Å². The third-order valence-electron chi connectivity index (χ3n) is 3.71. The van der Waals surface area contributed by atoms with Crippen LogP contribution in [-0.2, 0) is 11.2 Å². The van der Waals surface area contributed by atoms with E-state index in [9.17, 15) is 4.39 Å². The first-order valence-electron chi connectivity index (χ1n) is 6.92. The molecule has 0 spiro atoms. The second-order valence-corrected chi connectivity index (χ2v) is 5.59. The molecule has 1 saturated heterocycles. The summed E-state index contributed by atoms with van der Waals surface area (Å²) in [5.74, 6) is -0.198. The lowest BCUT2D eigenvalue weighted by Crippen LogP contribution is -2.52. The zero-order valence-corrected chi connectivity index (χ0v) is 11.5. The molecule has 1 aliphatic heterocycles. The fourth-order valence-corrected chi connectivity index (χ4v) is 2.47. The van der Waals surface area contributed by atoms with Crippen molar-refractivity contribution < 1.29 is 9.13 Å². The Bertz CT molecular complexity index is 407. The minimum Gasteiger partial charge on any atom is -0.377 e. The Morgan fingerprint density at radius 3 is 3.00 bits per heavy atom. The van der Waals surface area contributed by atoms with Gasteiger partial charge in [-0.1, -0.05) is 12.1 Å². The predicted molar refractivity (Wildman–Crippen MR) is 74.5 cm³/mol. The normalized spacial score (nSPS) is 22.4. The largest absolute Gasteiger partial charge is 0.377 e. The predicted octanol–water partition coefficient (Wildman–Crippen LogP) is 1.85. The van der Waals surface area contributed by atoms with E-state index in [1.807, 2.05) is 6.07 Å². The number of rotatable bonds is 6. The molecule has 3 nitrogen and oxygen atoms in total. The molecule has 0 bridgehead atoms. The highest BCUT2D eigenvalue weighted by Gasteiger charge is 2.25. The van der Waals surface area contributed by atoms with Gasteiger partial charge in [0.15, 0.2) is 0 Å². The van der Waals surface area contributed by atoms with E-state index in [0.717, 1.165) is 31.6 Å². The fraction of sp³-hybridized carbons (Fsp3) is 0.600. The smallest absolute Gasteiger partial charge is 0.123 e. The molecule has 1 aliphatic rings. The highest BCUT2D eigenvalue weighted by molar-refractivity contribution is 5.19. The molecule has 0 aromatic heterocycles. The Balaban J connectivity index is 1.92. The van der Waals surface area contributed by atoms with Crippen LogP contribution in [0.4, 0.5) is 4.39 Å². The highest BCUT2D eigenvalue weighted by Crippen LogP contribution is 2.16. The van der Waals surface area contributed by atoms with Gasteiger partial charge in [0.25, 0.3) is 0 Å². The molecule has 106 valence electrons. The van der Waals surface area contributed by atoms with E-state index in [1.165, 1.54) is 6.07 Å². The molecule has 4 heteroatoms. The Labute approximate surface area is 114 Å². The fourth-order valence-electron chi connectivity index (χ4n) is 2.47. The molecule has 0 aliphatic carbocycles. The SMILES string of the molecule is CC(CN)(Cc1cccc(F)c1)NCC1CCCO1. The summed E-state index contributed by atoms with van der Waals surface area (Å²) in [6.07, 6.45) is 3.25. The van der Waals surface area contributed by atoms with Crippen LogP contribution in [0.15, 0.2) is 24.3 Å². The summed E-state index contributed by atoms with van der Waals surface area (Å²) in [5.41, 5.74) is 6.62. The first-order valence-corrected chi connectivity index (χ1v) is 6.92. The molecule has 1 heterocycles. The Hall–Kier alpha value is -0.970. The minimum absolute atomic E-state index is 0.198. The number of halogens is 1. The Kier molecular flexibility index (Phi) is 4.91. The lowest BCUT2D eigenvalue weighted by atomic mass is 9.92. The molecular weight excluding hydrogens is 243 g/mol. The van der Waals surface area contributed by atoms with Gasteiger partial charge in [0, 0.05) is 25.2 Å². The number of nitrogens with two attached hydrogens (primary N) is 1. The van der Waals surface area contributed by atoms with Crippen molar-refractivity contribution in [2.45, 2.75) is 37.8 Å². The molecule has 1 aromatic carbocycles. The topological polar surface area (TPSA) is 47.3 Å². The second kappa shape index (κ2) is 6.46. The maximum atomic E-state index is 13.2. The van der Waals surface area contributed by atoms with E-state index in [1.54, 1.807) is 12.1 Å². The molecule has 2 atom stereocenters. The molecular formula is C15H23FN2O. The van der Waals surface area contributed by atoms with Crippen molar-refractivity contribution in [3.63, 3.8) is 0 Å². The van der Waals surface area contributed by atoms with Crippen LogP contribution in [0.1, 0.15) is 25.3 Å². The van der Waals surface area contributed by atoms with E-state index >= 15 is 0 Å². The average molecular weight is 266 g/mol. The van der Waals surface area contributed by atoms with Gasteiger partial charge in [-0.2, -0.15) is 0 Å². The maximum absolute atomic E-state index is 13.2. The molecule has 2 unspecified atom stereocenters. The molecule has 1 aromatic rings. The standard InChI is InChI=1S/C15H23FN2O/c1-15(11-17,18-10-14-6-3-7-19-14)9-12-4-2-5-13(16)8-12/h2,4-5,8,14,18H,3,6-7,9-11,17H2,1H3. The van der Waals surface area contributed by atoms with Crippen LogP contribution in [0, 0.1) is 5.82 Å². The van der Waals surface area contributed by atoms with Crippen LogP contribution in [0.5, 0.6) is 0 Å². The van der Waals surface area contributed by atoms with Gasteiger partial charge in [-0.3, -0.25) is 0 Å². The first kappa shape index (κ1) is 14.4. The van der Waals surface area contributed by atoms with Gasteiger partial charge in [0.1, 0.15) is 5.82 Å². The molecule has 0 radical (unpaired) electrons. The minimum atomic E-state index is -0.222. The number of nitrogens with one attached hydrogen (secondary N) is 1. The molecule has 3 N–H and O–H groups in total. The van der Waals surface area contributed by atoms with Crippen molar-refractivity contribution in [1.29, 1.82) is 0 Å². The van der Waals surface area contributed by atoms with Crippen LogP contribution >= 0.6 is 0 Å². The Morgan fingerprint density at radius 1 is 1.53 bits per heavy atom. The summed E-state index contributed by atoms with van der Waals surface area (Å²) in [5, 5.41) is 3.48. The van der Waals surface area contributed by atoms with Gasteiger partial charge in [0.05, 0.1) is 6.10 Å². The van der Waals surface area contributed by atoms with Crippen LogP contribution < -0.4 is 11.1 Å². The lowest BCUT2D eigenvalue weighted by Gasteiger charge is -2.31. The van der Waals surface area contributed by atoms with Gasteiger partial charge >= 0.3 is 0 Å². The summed E-state index contributed by atoms with van der Waals surface area (Å²) >= 11 is 0. The van der Waals surface area contributed by atoms with Crippen LogP contribution in [0.25, 0.3) is 0 Å². The van der Waals surface area contributed by atoms with Gasteiger partial charge in [0.2, 0.25) is 0 Å². The second-order valence-electron chi connectivity index (χ2n) is 5.59. The number of ether oxygens (including phenoxy) is 1. The first-order chi connectivity index (χ1) is 9.11. The lowest BCUT2D eigenvalue weighted by molar-refractivity contribution is 0.102. The average Bonchev–Trinajstić information content (AvgIpc) is 2.90. The van der Waals surface area contributed by atoms with Crippen LogP contribution in [0.2, 0.25) is 0 Å². The van der Waals surface area contributed by atoms with E-state index in [4.69, 9.17) is 10.5 Å². The maximum Gasteiger partial charge on any atom is 0.123 e. The summed E-state index contributed by atoms with van der Waals surface area (Å²) in [6, 6.07) is 6.71. The van der Waals surface area contributed by atoms with Gasteiger partial charge < -0.3 is 15.8 Å². The van der Waals surface area contributed by atoms with Gasteiger partial charge in [-0.25, -0.2) is 4.39 Å². The van der Waals surface area contributed by atoms with Crippen molar-refractivity contribution in [2.75, 3.05) is 19.7 Å². The van der Waals surface area contributed by atoms with Crippen LogP contribution in [0.3, 0.4) is 0 Å². The van der Waals surface area contributed by atoms with Crippen molar-refractivity contribution >= 4 is 0 Å². The number of benzene rings is 1. The van der Waals surface area contributed by atoms with E-state index in [0.29, 0.717) is 19.1 Å². The van der Waals surface area contributed by atoms with E-state index in [-0.39, 0.29) is 11.4 Å². The van der Waals surface area contributed by atoms with Crippen molar-refractivity contribution in [3.05, 3.63) is 35.6 Å². The molecule has 19 heavy (non-hydrogen) atoms. The quantitative estimate of drug-likeness (QED) is 0.826.